The summed E-state index contributed by atoms with van der Waals surface area (Å²) >= 11 is 0. The molecule has 5 nitrogen and oxygen atoms in total. The first-order valence-electron chi connectivity index (χ1n) is 3.72. The van der Waals surface area contributed by atoms with Crippen molar-refractivity contribution in [2.45, 2.75) is 6.92 Å². The van der Waals surface area contributed by atoms with Crippen LogP contribution in [0.25, 0.3) is 0 Å². The summed E-state index contributed by atoms with van der Waals surface area (Å²) in [5, 5.41) is 18.8. The maximum atomic E-state index is 13.0. The van der Waals surface area contributed by atoms with Crippen LogP contribution >= 0.6 is 0 Å². The fourth-order valence-corrected chi connectivity index (χ4v) is 1.06. The van der Waals surface area contributed by atoms with Gasteiger partial charge in [-0.25, -0.2) is 9.18 Å². The minimum Gasteiger partial charge on any atom is -0.478 e. The van der Waals surface area contributed by atoms with Crippen LogP contribution in [0.3, 0.4) is 0 Å². The van der Waals surface area contributed by atoms with Crippen molar-refractivity contribution in [3.05, 3.63) is 38.9 Å². The molecule has 0 aromatic heterocycles. The molecule has 0 spiro atoms. The Balaban J connectivity index is 3.59. The van der Waals surface area contributed by atoms with Gasteiger partial charge in [0.05, 0.1) is 10.5 Å². The van der Waals surface area contributed by atoms with E-state index in [1.54, 1.807) is 0 Å². The summed E-state index contributed by atoms with van der Waals surface area (Å²) in [6.45, 7) is 1.03. The zero-order chi connectivity index (χ0) is 11.7. The summed E-state index contributed by atoms with van der Waals surface area (Å²) < 4.78 is 26.0. The highest BCUT2D eigenvalue weighted by Crippen LogP contribution is 2.25. The Bertz CT molecular complexity index is 420. The zero-order valence-electron chi connectivity index (χ0n) is 7.45. The van der Waals surface area contributed by atoms with Gasteiger partial charge in [-0.15, -0.1) is 0 Å². The molecule has 1 N–H and O–H groups in total. The van der Waals surface area contributed by atoms with E-state index in [2.05, 4.69) is 0 Å². The fraction of sp³-hybridized carbons (Fsp3) is 0.125. The number of hydrogen-bond acceptors (Lipinski definition) is 3. The van der Waals surface area contributed by atoms with Crippen molar-refractivity contribution in [1.29, 1.82) is 0 Å². The van der Waals surface area contributed by atoms with Crippen LogP contribution in [-0.2, 0) is 0 Å². The molecule has 7 heteroatoms. The predicted molar refractivity (Wildman–Crippen MR) is 44.7 cm³/mol. The van der Waals surface area contributed by atoms with Crippen molar-refractivity contribution in [1.82, 2.24) is 0 Å². The maximum absolute atomic E-state index is 13.0. The summed E-state index contributed by atoms with van der Waals surface area (Å²) in [6.07, 6.45) is 0. The Morgan fingerprint density at radius 3 is 2.40 bits per heavy atom. The average Bonchev–Trinajstić information content (AvgIpc) is 2.13. The third kappa shape index (κ3) is 1.76. The first-order valence-corrected chi connectivity index (χ1v) is 3.72. The van der Waals surface area contributed by atoms with Gasteiger partial charge in [-0.3, -0.25) is 10.1 Å². The molecule has 0 amide bonds. The van der Waals surface area contributed by atoms with Crippen molar-refractivity contribution < 1.29 is 23.6 Å². The molecule has 0 fully saturated rings. The lowest BCUT2D eigenvalue weighted by Gasteiger charge is -2.03. The Labute approximate surface area is 82.1 Å². The number of carboxylic acids is 1. The van der Waals surface area contributed by atoms with E-state index in [0.29, 0.717) is 6.07 Å². The van der Waals surface area contributed by atoms with E-state index >= 15 is 0 Å². The molecule has 0 aliphatic carbocycles. The third-order valence-corrected chi connectivity index (χ3v) is 1.86. The lowest BCUT2D eigenvalue weighted by molar-refractivity contribution is -0.387. The van der Waals surface area contributed by atoms with Crippen LogP contribution in [0.2, 0.25) is 0 Å². The summed E-state index contributed by atoms with van der Waals surface area (Å²) in [6, 6.07) is 0.496. The molecule has 1 aromatic carbocycles. The second kappa shape index (κ2) is 3.60. The summed E-state index contributed by atoms with van der Waals surface area (Å²) in [4.78, 5) is 19.6. The molecule has 0 atom stereocenters. The smallest absolute Gasteiger partial charge is 0.336 e. The Morgan fingerprint density at radius 1 is 1.47 bits per heavy atom. The summed E-state index contributed by atoms with van der Waals surface area (Å²) in [5.41, 5.74) is -2.28. The monoisotopic (exact) mass is 217 g/mol. The number of nitrogens with zero attached hydrogens (tertiary/aromatic N) is 1. The van der Waals surface area contributed by atoms with Gasteiger partial charge in [0.1, 0.15) is 0 Å². The SMILES string of the molecule is Cc1c(C(=O)O)cc([N+](=O)[O-])c(F)c1F. The van der Waals surface area contributed by atoms with E-state index < -0.39 is 39.3 Å². The van der Waals surface area contributed by atoms with Crippen molar-refractivity contribution in [2.75, 3.05) is 0 Å². The van der Waals surface area contributed by atoms with Crippen LogP contribution in [-0.4, -0.2) is 16.0 Å². The van der Waals surface area contributed by atoms with Gasteiger partial charge < -0.3 is 5.11 Å². The van der Waals surface area contributed by atoms with E-state index in [0.717, 1.165) is 6.92 Å². The highest BCUT2D eigenvalue weighted by atomic mass is 19.2. The summed E-state index contributed by atoms with van der Waals surface area (Å²) in [5.74, 6) is -4.71. The fourth-order valence-electron chi connectivity index (χ4n) is 1.06. The first-order chi connectivity index (χ1) is 6.86. The molecular formula is C8H5F2NO4. The molecule has 1 rings (SSSR count). The minimum absolute atomic E-state index is 0.467. The van der Waals surface area contributed by atoms with Gasteiger partial charge >= 0.3 is 11.7 Å². The Hall–Kier alpha value is -2.05. The van der Waals surface area contributed by atoms with Crippen LogP contribution in [0.5, 0.6) is 0 Å². The van der Waals surface area contributed by atoms with E-state index in [-0.39, 0.29) is 0 Å². The summed E-state index contributed by atoms with van der Waals surface area (Å²) in [7, 11) is 0. The lowest BCUT2D eigenvalue weighted by Crippen LogP contribution is -2.06. The van der Waals surface area contributed by atoms with E-state index in [1.165, 1.54) is 0 Å². The molecule has 0 unspecified atom stereocenters. The lowest BCUT2D eigenvalue weighted by atomic mass is 10.1. The van der Waals surface area contributed by atoms with Crippen LogP contribution in [0.15, 0.2) is 6.07 Å². The minimum atomic E-state index is -1.65. The number of rotatable bonds is 2. The van der Waals surface area contributed by atoms with Gasteiger partial charge in [0, 0.05) is 11.6 Å². The molecule has 15 heavy (non-hydrogen) atoms. The Kier molecular flexibility index (Phi) is 2.65. The van der Waals surface area contributed by atoms with E-state index in [1.807, 2.05) is 0 Å². The van der Waals surface area contributed by atoms with Gasteiger partial charge in [0.25, 0.3) is 0 Å². The van der Waals surface area contributed by atoms with Gasteiger partial charge in [-0.2, -0.15) is 4.39 Å². The second-order valence-electron chi connectivity index (χ2n) is 2.76. The predicted octanol–water partition coefficient (Wildman–Crippen LogP) is 1.88. The number of carbonyl (C=O) groups is 1. The second-order valence-corrected chi connectivity index (χ2v) is 2.76. The molecule has 0 saturated carbocycles. The molecule has 0 heterocycles. The normalized spacial score (nSPS) is 10.1. The number of nitro benzene ring substituents is 1. The number of carboxylic acid groups (broad SMARTS) is 1. The van der Waals surface area contributed by atoms with Gasteiger partial charge in [0.15, 0.2) is 5.82 Å². The molecular weight excluding hydrogens is 212 g/mol. The Morgan fingerprint density at radius 2 is 2.00 bits per heavy atom. The van der Waals surface area contributed by atoms with Crippen LogP contribution in [0, 0.1) is 28.7 Å². The molecule has 0 saturated heterocycles. The first kappa shape index (κ1) is 11.0. The highest BCUT2D eigenvalue weighted by molar-refractivity contribution is 5.90. The van der Waals surface area contributed by atoms with Crippen LogP contribution in [0.4, 0.5) is 14.5 Å². The largest absolute Gasteiger partial charge is 0.478 e. The number of hydrogen-bond donors (Lipinski definition) is 1. The number of aromatic carboxylic acids is 1. The quantitative estimate of drug-likeness (QED) is 0.605. The maximum Gasteiger partial charge on any atom is 0.336 e. The van der Waals surface area contributed by atoms with Crippen molar-refractivity contribution in [2.24, 2.45) is 0 Å². The topological polar surface area (TPSA) is 80.4 Å². The van der Waals surface area contributed by atoms with Crippen molar-refractivity contribution in [3.63, 3.8) is 0 Å². The molecule has 0 aliphatic rings. The highest BCUT2D eigenvalue weighted by Gasteiger charge is 2.25. The molecule has 0 aliphatic heterocycles. The van der Waals surface area contributed by atoms with E-state index in [4.69, 9.17) is 5.11 Å². The number of benzene rings is 1. The number of halogens is 2. The van der Waals surface area contributed by atoms with Gasteiger partial charge in [-0.05, 0) is 6.92 Å². The third-order valence-electron chi connectivity index (χ3n) is 1.86. The average molecular weight is 217 g/mol. The molecule has 0 radical (unpaired) electrons. The molecule has 0 bridgehead atoms. The van der Waals surface area contributed by atoms with Crippen molar-refractivity contribution >= 4 is 11.7 Å². The standard InChI is InChI=1S/C8H5F2NO4/c1-3-4(8(12)13)2-5(11(14)15)7(10)6(3)9/h2H,1H3,(H,12,13). The van der Waals surface area contributed by atoms with Gasteiger partial charge in [0.2, 0.25) is 5.82 Å². The van der Waals surface area contributed by atoms with Crippen molar-refractivity contribution in [3.8, 4) is 0 Å². The zero-order valence-corrected chi connectivity index (χ0v) is 7.45. The molecule has 1 aromatic rings. The van der Waals surface area contributed by atoms with Gasteiger partial charge in [-0.1, -0.05) is 0 Å². The number of nitro groups is 1. The van der Waals surface area contributed by atoms with E-state index in [9.17, 15) is 23.7 Å². The van der Waals surface area contributed by atoms with Crippen LogP contribution in [0.1, 0.15) is 15.9 Å². The van der Waals surface area contributed by atoms with Crippen LogP contribution < -0.4 is 0 Å². The molecule has 80 valence electrons.